The zero-order chi connectivity index (χ0) is 13.8. The molecule has 0 aliphatic heterocycles. The van der Waals surface area contributed by atoms with Crippen LogP contribution in [0.3, 0.4) is 0 Å². The number of ether oxygens (including phenoxy) is 1. The zero-order valence-corrected chi connectivity index (χ0v) is 11.1. The van der Waals surface area contributed by atoms with Gasteiger partial charge in [-0.25, -0.2) is 4.39 Å². The molecular weight excluding hydrogens is 263 g/mol. The quantitative estimate of drug-likeness (QED) is 0.665. The lowest BCUT2D eigenvalue weighted by Gasteiger charge is -2.10. The SMILES string of the molecule is COc1ccccc1Sc1ccc(F)cc1C(=N)N. The molecule has 0 saturated heterocycles. The lowest BCUT2D eigenvalue weighted by atomic mass is 10.2. The Bertz CT molecular complexity index is 616. The first kappa shape index (κ1) is 13.4. The number of amidine groups is 1. The van der Waals surface area contributed by atoms with Crippen molar-refractivity contribution in [2.45, 2.75) is 9.79 Å². The fourth-order valence-electron chi connectivity index (χ4n) is 1.62. The lowest BCUT2D eigenvalue weighted by Crippen LogP contribution is -2.12. The normalized spacial score (nSPS) is 10.2. The molecule has 3 nitrogen and oxygen atoms in total. The Balaban J connectivity index is 2.41. The molecule has 19 heavy (non-hydrogen) atoms. The monoisotopic (exact) mass is 276 g/mol. The van der Waals surface area contributed by atoms with E-state index < -0.39 is 5.82 Å². The Hall–Kier alpha value is -2.01. The third-order valence-corrected chi connectivity index (χ3v) is 3.65. The average molecular weight is 276 g/mol. The van der Waals surface area contributed by atoms with Gasteiger partial charge in [-0.3, -0.25) is 5.41 Å². The first-order valence-corrected chi connectivity index (χ1v) is 6.38. The molecule has 0 radical (unpaired) electrons. The highest BCUT2D eigenvalue weighted by atomic mass is 32.2. The second-order valence-electron chi connectivity index (χ2n) is 3.81. The molecule has 0 aliphatic rings. The molecule has 5 heteroatoms. The molecule has 2 aromatic rings. The fourth-order valence-corrected chi connectivity index (χ4v) is 2.67. The van der Waals surface area contributed by atoms with Crippen LogP contribution >= 0.6 is 11.8 Å². The van der Waals surface area contributed by atoms with Crippen molar-refractivity contribution in [1.29, 1.82) is 5.41 Å². The highest BCUT2D eigenvalue weighted by molar-refractivity contribution is 7.99. The molecule has 3 N–H and O–H groups in total. The van der Waals surface area contributed by atoms with Crippen molar-refractivity contribution in [1.82, 2.24) is 0 Å². The molecule has 2 aromatic carbocycles. The minimum atomic E-state index is -0.408. The number of methoxy groups -OCH3 is 1. The van der Waals surface area contributed by atoms with Crippen molar-refractivity contribution < 1.29 is 9.13 Å². The van der Waals surface area contributed by atoms with E-state index in [9.17, 15) is 4.39 Å². The van der Waals surface area contributed by atoms with Gasteiger partial charge in [-0.15, -0.1) is 0 Å². The van der Waals surface area contributed by atoms with Crippen LogP contribution in [-0.2, 0) is 0 Å². The third kappa shape index (κ3) is 3.06. The minimum Gasteiger partial charge on any atom is -0.496 e. The van der Waals surface area contributed by atoms with Crippen molar-refractivity contribution in [3.05, 3.63) is 53.8 Å². The van der Waals surface area contributed by atoms with Crippen LogP contribution in [0.1, 0.15) is 5.56 Å². The zero-order valence-electron chi connectivity index (χ0n) is 10.3. The van der Waals surface area contributed by atoms with Crippen molar-refractivity contribution in [3.63, 3.8) is 0 Å². The summed E-state index contributed by atoms with van der Waals surface area (Å²) in [6, 6.07) is 11.7. The van der Waals surface area contributed by atoms with Gasteiger partial charge in [-0.05, 0) is 30.3 Å². The van der Waals surface area contributed by atoms with Crippen LogP contribution < -0.4 is 10.5 Å². The molecule has 0 atom stereocenters. The Kier molecular flexibility index (Phi) is 4.06. The molecule has 0 aliphatic carbocycles. The molecule has 0 saturated carbocycles. The second kappa shape index (κ2) is 5.75. The van der Waals surface area contributed by atoms with Gasteiger partial charge in [0.05, 0.1) is 12.0 Å². The summed E-state index contributed by atoms with van der Waals surface area (Å²) in [5.74, 6) is 0.165. The molecule has 2 rings (SSSR count). The Labute approximate surface area is 115 Å². The van der Waals surface area contributed by atoms with E-state index in [0.29, 0.717) is 5.56 Å². The van der Waals surface area contributed by atoms with Crippen LogP contribution in [0.25, 0.3) is 0 Å². The van der Waals surface area contributed by atoms with Gasteiger partial charge in [0.25, 0.3) is 0 Å². The maximum Gasteiger partial charge on any atom is 0.132 e. The topological polar surface area (TPSA) is 59.1 Å². The molecule has 98 valence electrons. The number of halogens is 1. The van der Waals surface area contributed by atoms with Gasteiger partial charge >= 0.3 is 0 Å². The smallest absolute Gasteiger partial charge is 0.132 e. The minimum absolute atomic E-state index is 0.156. The Morgan fingerprint density at radius 1 is 1.21 bits per heavy atom. The first-order valence-electron chi connectivity index (χ1n) is 5.56. The maximum absolute atomic E-state index is 13.2. The van der Waals surface area contributed by atoms with Crippen molar-refractivity contribution in [3.8, 4) is 5.75 Å². The van der Waals surface area contributed by atoms with E-state index in [2.05, 4.69) is 0 Å². The van der Waals surface area contributed by atoms with Gasteiger partial charge in [-0.1, -0.05) is 23.9 Å². The van der Waals surface area contributed by atoms with Crippen LogP contribution in [0.2, 0.25) is 0 Å². The van der Waals surface area contributed by atoms with Crippen LogP contribution in [0.4, 0.5) is 4.39 Å². The maximum atomic E-state index is 13.2. The summed E-state index contributed by atoms with van der Waals surface area (Å²) < 4.78 is 18.5. The van der Waals surface area contributed by atoms with Crippen LogP contribution in [0.15, 0.2) is 52.3 Å². The van der Waals surface area contributed by atoms with Crippen molar-refractivity contribution in [2.75, 3.05) is 7.11 Å². The lowest BCUT2D eigenvalue weighted by molar-refractivity contribution is 0.405. The van der Waals surface area contributed by atoms with E-state index in [4.69, 9.17) is 15.9 Å². The largest absolute Gasteiger partial charge is 0.496 e. The molecule has 0 fully saturated rings. The van der Waals surface area contributed by atoms with E-state index in [-0.39, 0.29) is 5.84 Å². The van der Waals surface area contributed by atoms with E-state index in [1.54, 1.807) is 13.2 Å². The van der Waals surface area contributed by atoms with E-state index in [1.807, 2.05) is 24.3 Å². The van der Waals surface area contributed by atoms with Gasteiger partial charge in [0.2, 0.25) is 0 Å². The van der Waals surface area contributed by atoms with Gasteiger partial charge in [0, 0.05) is 10.5 Å². The third-order valence-electron chi connectivity index (χ3n) is 2.52. The molecule has 0 aromatic heterocycles. The number of hydrogen-bond acceptors (Lipinski definition) is 3. The molecule has 0 amide bonds. The molecule has 0 heterocycles. The number of benzene rings is 2. The number of rotatable bonds is 4. The van der Waals surface area contributed by atoms with Crippen LogP contribution in [0, 0.1) is 11.2 Å². The summed E-state index contributed by atoms with van der Waals surface area (Å²) >= 11 is 1.39. The van der Waals surface area contributed by atoms with Gasteiger partial charge in [0.15, 0.2) is 0 Å². The molecular formula is C14H13FN2OS. The van der Waals surface area contributed by atoms with Crippen LogP contribution in [0.5, 0.6) is 5.75 Å². The molecule has 0 spiro atoms. The van der Waals surface area contributed by atoms with E-state index in [0.717, 1.165) is 15.5 Å². The molecule has 0 unspecified atom stereocenters. The van der Waals surface area contributed by atoms with Gasteiger partial charge < -0.3 is 10.5 Å². The highest BCUT2D eigenvalue weighted by Crippen LogP contribution is 2.36. The standard InChI is InChI=1S/C14H13FN2OS/c1-18-11-4-2-3-5-13(11)19-12-7-6-9(15)8-10(12)14(16)17/h2-8H,1H3,(H3,16,17). The number of para-hydroxylation sites is 1. The van der Waals surface area contributed by atoms with Crippen LogP contribution in [-0.4, -0.2) is 12.9 Å². The van der Waals surface area contributed by atoms with Gasteiger partial charge in [-0.2, -0.15) is 0 Å². The molecule has 0 bridgehead atoms. The summed E-state index contributed by atoms with van der Waals surface area (Å²) in [4.78, 5) is 1.61. The van der Waals surface area contributed by atoms with Crippen molar-refractivity contribution >= 4 is 17.6 Å². The van der Waals surface area contributed by atoms with Crippen molar-refractivity contribution in [2.24, 2.45) is 5.73 Å². The second-order valence-corrected chi connectivity index (χ2v) is 4.89. The average Bonchev–Trinajstić information content (AvgIpc) is 2.41. The predicted octanol–water partition coefficient (Wildman–Crippen LogP) is 3.27. The Morgan fingerprint density at radius 2 is 1.95 bits per heavy atom. The van der Waals surface area contributed by atoms with E-state index in [1.165, 1.54) is 23.9 Å². The summed E-state index contributed by atoms with van der Waals surface area (Å²) in [6.07, 6.45) is 0. The number of hydrogen-bond donors (Lipinski definition) is 2. The predicted molar refractivity (Wildman–Crippen MR) is 74.5 cm³/mol. The summed E-state index contributed by atoms with van der Waals surface area (Å²) in [7, 11) is 1.59. The first-order chi connectivity index (χ1) is 9.11. The summed E-state index contributed by atoms with van der Waals surface area (Å²) in [5.41, 5.74) is 5.86. The Morgan fingerprint density at radius 3 is 2.63 bits per heavy atom. The highest BCUT2D eigenvalue weighted by Gasteiger charge is 2.11. The fraction of sp³-hybridized carbons (Fsp3) is 0.0714. The number of nitrogens with one attached hydrogen (secondary N) is 1. The number of nitrogens with two attached hydrogens (primary N) is 1. The number of nitrogen functional groups attached to an aromatic ring is 1. The van der Waals surface area contributed by atoms with Gasteiger partial charge in [0.1, 0.15) is 17.4 Å². The summed E-state index contributed by atoms with van der Waals surface area (Å²) in [5, 5.41) is 7.50. The summed E-state index contributed by atoms with van der Waals surface area (Å²) in [6.45, 7) is 0. The van der Waals surface area contributed by atoms with E-state index >= 15 is 0 Å².